The first kappa shape index (κ1) is 10.4. The zero-order valence-electron chi connectivity index (χ0n) is 9.15. The average Bonchev–Trinajstić information content (AvgIpc) is 2.65. The first-order valence-electron chi connectivity index (χ1n) is 4.96. The lowest BCUT2D eigenvalue weighted by Gasteiger charge is -2.07. The van der Waals surface area contributed by atoms with Crippen molar-refractivity contribution < 1.29 is 9.53 Å². The van der Waals surface area contributed by atoms with Crippen LogP contribution in [0.15, 0.2) is 30.5 Å². The molecule has 0 aliphatic heterocycles. The van der Waals surface area contributed by atoms with Gasteiger partial charge in [-0.1, -0.05) is 12.1 Å². The molecule has 0 radical (unpaired) electrons. The molecule has 0 aliphatic rings. The standard InChI is InChI=1S/C12H12N2O2/c1-8-12(7-13-14-8)16-11-6-4-3-5-10(11)9(2)15/h3-7H,1-2H3,(H,13,14). The van der Waals surface area contributed by atoms with Crippen LogP contribution >= 0.6 is 0 Å². The van der Waals surface area contributed by atoms with Crippen molar-refractivity contribution in [2.75, 3.05) is 0 Å². The minimum atomic E-state index is -0.0169. The van der Waals surface area contributed by atoms with E-state index in [0.29, 0.717) is 17.1 Å². The third-order valence-corrected chi connectivity index (χ3v) is 2.27. The van der Waals surface area contributed by atoms with E-state index in [0.717, 1.165) is 5.69 Å². The normalized spacial score (nSPS) is 10.1. The molecule has 1 aromatic heterocycles. The van der Waals surface area contributed by atoms with Gasteiger partial charge in [0.2, 0.25) is 0 Å². The number of hydrogen-bond donors (Lipinski definition) is 1. The maximum atomic E-state index is 11.4. The molecule has 0 amide bonds. The Morgan fingerprint density at radius 2 is 2.06 bits per heavy atom. The summed E-state index contributed by atoms with van der Waals surface area (Å²) in [4.78, 5) is 11.4. The molecule has 0 fully saturated rings. The number of aromatic nitrogens is 2. The number of nitrogens with zero attached hydrogens (tertiary/aromatic N) is 1. The first-order chi connectivity index (χ1) is 7.68. The van der Waals surface area contributed by atoms with Crippen LogP contribution in [-0.2, 0) is 0 Å². The molecule has 0 bridgehead atoms. The quantitative estimate of drug-likeness (QED) is 0.802. The number of para-hydroxylation sites is 1. The monoisotopic (exact) mass is 216 g/mol. The molecule has 0 atom stereocenters. The van der Waals surface area contributed by atoms with Crippen LogP contribution in [0.1, 0.15) is 23.0 Å². The van der Waals surface area contributed by atoms with Crippen LogP contribution in [-0.4, -0.2) is 16.0 Å². The fourth-order valence-electron chi connectivity index (χ4n) is 1.41. The predicted molar refractivity (Wildman–Crippen MR) is 59.8 cm³/mol. The molecule has 0 spiro atoms. The van der Waals surface area contributed by atoms with Gasteiger partial charge >= 0.3 is 0 Å². The maximum Gasteiger partial charge on any atom is 0.167 e. The van der Waals surface area contributed by atoms with Gasteiger partial charge in [0, 0.05) is 0 Å². The molecule has 0 saturated carbocycles. The van der Waals surface area contributed by atoms with Gasteiger partial charge in [-0.3, -0.25) is 9.89 Å². The minimum absolute atomic E-state index is 0.0169. The van der Waals surface area contributed by atoms with E-state index in [9.17, 15) is 4.79 Å². The Morgan fingerprint density at radius 1 is 1.31 bits per heavy atom. The van der Waals surface area contributed by atoms with Gasteiger partial charge in [-0.2, -0.15) is 5.10 Å². The summed E-state index contributed by atoms with van der Waals surface area (Å²) in [5, 5.41) is 6.64. The highest BCUT2D eigenvalue weighted by molar-refractivity contribution is 5.96. The van der Waals surface area contributed by atoms with Crippen molar-refractivity contribution >= 4 is 5.78 Å². The number of H-pyrrole nitrogens is 1. The predicted octanol–water partition coefficient (Wildman–Crippen LogP) is 2.71. The van der Waals surface area contributed by atoms with Crippen molar-refractivity contribution in [2.45, 2.75) is 13.8 Å². The van der Waals surface area contributed by atoms with Crippen molar-refractivity contribution in [3.63, 3.8) is 0 Å². The largest absolute Gasteiger partial charge is 0.453 e. The number of benzene rings is 1. The molecular weight excluding hydrogens is 204 g/mol. The zero-order chi connectivity index (χ0) is 11.5. The highest BCUT2D eigenvalue weighted by atomic mass is 16.5. The van der Waals surface area contributed by atoms with E-state index >= 15 is 0 Å². The summed E-state index contributed by atoms with van der Waals surface area (Å²) in [5.74, 6) is 1.17. The van der Waals surface area contributed by atoms with Crippen LogP contribution in [0.25, 0.3) is 0 Å². The van der Waals surface area contributed by atoms with Crippen molar-refractivity contribution in [1.82, 2.24) is 10.2 Å². The van der Waals surface area contributed by atoms with Gasteiger partial charge in [-0.15, -0.1) is 0 Å². The van der Waals surface area contributed by atoms with Crippen molar-refractivity contribution in [2.24, 2.45) is 0 Å². The SMILES string of the molecule is CC(=O)c1ccccc1Oc1cn[nH]c1C. The molecule has 4 nitrogen and oxygen atoms in total. The number of aromatic amines is 1. The van der Waals surface area contributed by atoms with E-state index < -0.39 is 0 Å². The fourth-order valence-corrected chi connectivity index (χ4v) is 1.41. The number of Topliss-reactive ketones (excluding diaryl/α,β-unsaturated/α-hetero) is 1. The van der Waals surface area contributed by atoms with E-state index in [1.54, 1.807) is 18.3 Å². The van der Waals surface area contributed by atoms with Gasteiger partial charge in [-0.05, 0) is 26.0 Å². The van der Waals surface area contributed by atoms with Gasteiger partial charge in [-0.25, -0.2) is 0 Å². The number of ether oxygens (including phenoxy) is 1. The topological polar surface area (TPSA) is 55.0 Å². The summed E-state index contributed by atoms with van der Waals surface area (Å²) in [6.07, 6.45) is 1.59. The summed E-state index contributed by atoms with van der Waals surface area (Å²) < 4.78 is 5.63. The van der Waals surface area contributed by atoms with E-state index in [2.05, 4.69) is 10.2 Å². The van der Waals surface area contributed by atoms with Gasteiger partial charge in [0.15, 0.2) is 11.5 Å². The summed E-state index contributed by atoms with van der Waals surface area (Å²) in [7, 11) is 0. The number of hydrogen-bond acceptors (Lipinski definition) is 3. The molecule has 1 aromatic carbocycles. The molecule has 16 heavy (non-hydrogen) atoms. The number of ketones is 1. The van der Waals surface area contributed by atoms with Gasteiger partial charge in [0.25, 0.3) is 0 Å². The fraction of sp³-hybridized carbons (Fsp3) is 0.167. The second-order valence-corrected chi connectivity index (χ2v) is 3.51. The van der Waals surface area contributed by atoms with Crippen LogP contribution in [0.3, 0.4) is 0 Å². The molecule has 0 aliphatic carbocycles. The summed E-state index contributed by atoms with van der Waals surface area (Å²) in [6, 6.07) is 7.15. The zero-order valence-corrected chi connectivity index (χ0v) is 9.15. The smallest absolute Gasteiger partial charge is 0.167 e. The second-order valence-electron chi connectivity index (χ2n) is 3.51. The second kappa shape index (κ2) is 4.18. The molecule has 82 valence electrons. The molecule has 1 N–H and O–H groups in total. The number of aryl methyl sites for hydroxylation is 1. The van der Waals surface area contributed by atoms with Crippen LogP contribution in [0.4, 0.5) is 0 Å². The third kappa shape index (κ3) is 1.95. The lowest BCUT2D eigenvalue weighted by molar-refractivity contribution is 0.101. The van der Waals surface area contributed by atoms with Crippen molar-refractivity contribution in [3.05, 3.63) is 41.7 Å². The summed E-state index contributed by atoms with van der Waals surface area (Å²) >= 11 is 0. The minimum Gasteiger partial charge on any atom is -0.453 e. The Bertz CT molecular complexity index is 517. The van der Waals surface area contributed by atoms with Crippen LogP contribution in [0.2, 0.25) is 0 Å². The van der Waals surface area contributed by atoms with Crippen LogP contribution < -0.4 is 4.74 Å². The van der Waals surface area contributed by atoms with E-state index in [1.807, 2.05) is 19.1 Å². The van der Waals surface area contributed by atoms with E-state index in [1.165, 1.54) is 6.92 Å². The number of carbonyl (C=O) groups is 1. The van der Waals surface area contributed by atoms with E-state index in [4.69, 9.17) is 4.74 Å². The van der Waals surface area contributed by atoms with Gasteiger partial charge in [0.1, 0.15) is 5.75 Å². The van der Waals surface area contributed by atoms with Gasteiger partial charge in [0.05, 0.1) is 17.5 Å². The van der Waals surface area contributed by atoms with Crippen molar-refractivity contribution in [3.8, 4) is 11.5 Å². The Morgan fingerprint density at radius 3 is 2.69 bits per heavy atom. The highest BCUT2D eigenvalue weighted by Gasteiger charge is 2.10. The molecule has 0 saturated heterocycles. The number of nitrogens with one attached hydrogen (secondary N) is 1. The Kier molecular flexibility index (Phi) is 2.72. The number of rotatable bonds is 3. The van der Waals surface area contributed by atoms with Crippen LogP contribution in [0.5, 0.6) is 11.5 Å². The molecule has 4 heteroatoms. The third-order valence-electron chi connectivity index (χ3n) is 2.27. The highest BCUT2D eigenvalue weighted by Crippen LogP contribution is 2.26. The average molecular weight is 216 g/mol. The number of carbonyl (C=O) groups excluding carboxylic acids is 1. The molecule has 1 heterocycles. The van der Waals surface area contributed by atoms with Crippen LogP contribution in [0, 0.1) is 6.92 Å². The Balaban J connectivity index is 2.35. The summed E-state index contributed by atoms with van der Waals surface area (Å²) in [6.45, 7) is 3.38. The lowest BCUT2D eigenvalue weighted by atomic mass is 10.1. The molecule has 0 unspecified atom stereocenters. The van der Waals surface area contributed by atoms with Gasteiger partial charge < -0.3 is 4.74 Å². The molecule has 2 aromatic rings. The Labute approximate surface area is 93.3 Å². The first-order valence-corrected chi connectivity index (χ1v) is 4.96. The molecular formula is C12H12N2O2. The lowest BCUT2D eigenvalue weighted by Crippen LogP contribution is -1.96. The maximum absolute atomic E-state index is 11.4. The molecule has 2 rings (SSSR count). The summed E-state index contributed by atoms with van der Waals surface area (Å²) in [5.41, 5.74) is 1.40. The van der Waals surface area contributed by atoms with Crippen molar-refractivity contribution in [1.29, 1.82) is 0 Å². The van der Waals surface area contributed by atoms with E-state index in [-0.39, 0.29) is 5.78 Å². The Hall–Kier alpha value is -2.10.